The molecule has 0 radical (unpaired) electrons. The van der Waals surface area contributed by atoms with E-state index in [1.165, 1.54) is 19.4 Å². The minimum absolute atomic E-state index is 0.0216. The molecule has 10 heteroatoms. The zero-order chi connectivity index (χ0) is 22.8. The zero-order valence-corrected chi connectivity index (χ0v) is 18.2. The van der Waals surface area contributed by atoms with Crippen LogP contribution in [0.5, 0.6) is 5.75 Å². The van der Waals surface area contributed by atoms with Crippen molar-refractivity contribution in [1.29, 1.82) is 0 Å². The predicted molar refractivity (Wildman–Crippen MR) is 118 cm³/mol. The summed E-state index contributed by atoms with van der Waals surface area (Å²) in [6.07, 6.45) is -1.61. The van der Waals surface area contributed by atoms with Gasteiger partial charge in [0.2, 0.25) is 0 Å². The highest BCUT2D eigenvalue weighted by atomic mass is 35.5. The van der Waals surface area contributed by atoms with Gasteiger partial charge in [0.1, 0.15) is 17.0 Å². The third-order valence-corrected chi connectivity index (χ3v) is 5.39. The molecular formula is C22H16Cl2F2N4O2. The maximum atomic E-state index is 13.7. The lowest BCUT2D eigenvalue weighted by Gasteiger charge is -2.10. The van der Waals surface area contributed by atoms with E-state index in [2.05, 4.69) is 15.4 Å². The number of aromatic nitrogens is 3. The first-order valence-electron chi connectivity index (χ1n) is 9.40. The van der Waals surface area contributed by atoms with Crippen molar-refractivity contribution < 1.29 is 18.3 Å². The average molecular weight is 477 g/mol. The van der Waals surface area contributed by atoms with E-state index in [1.54, 1.807) is 42.5 Å². The summed E-state index contributed by atoms with van der Waals surface area (Å²) in [5.74, 6) is 0.0970. The molecule has 0 aliphatic heterocycles. The van der Waals surface area contributed by atoms with Gasteiger partial charge in [0, 0.05) is 22.2 Å². The first-order valence-corrected chi connectivity index (χ1v) is 10.2. The normalized spacial score (nSPS) is 11.2. The second-order valence-electron chi connectivity index (χ2n) is 6.81. The van der Waals surface area contributed by atoms with E-state index in [0.717, 1.165) is 4.52 Å². The highest BCUT2D eigenvalue weighted by Crippen LogP contribution is 2.28. The van der Waals surface area contributed by atoms with Gasteiger partial charge in [-0.2, -0.15) is 5.10 Å². The Balaban J connectivity index is 1.69. The molecule has 1 amide bonds. The number of ether oxygens (including phenoxy) is 1. The van der Waals surface area contributed by atoms with Crippen LogP contribution in [0.1, 0.15) is 28.0 Å². The Hall–Kier alpha value is -3.23. The SMILES string of the molecule is COc1ccc(-c2cc(C(F)F)n3ncc(C(=O)NCc4ccc(Cl)cc4Cl)c3n2)cc1. The number of benzene rings is 2. The van der Waals surface area contributed by atoms with Crippen molar-refractivity contribution >= 4 is 34.8 Å². The van der Waals surface area contributed by atoms with Crippen LogP contribution in [0.2, 0.25) is 10.0 Å². The number of rotatable bonds is 6. The van der Waals surface area contributed by atoms with E-state index >= 15 is 0 Å². The number of carbonyl (C=O) groups is 1. The van der Waals surface area contributed by atoms with E-state index < -0.39 is 12.3 Å². The number of methoxy groups -OCH3 is 1. The Morgan fingerprint density at radius 2 is 1.91 bits per heavy atom. The molecule has 0 bridgehead atoms. The molecule has 2 aromatic heterocycles. The van der Waals surface area contributed by atoms with Crippen LogP contribution in [0, 0.1) is 0 Å². The van der Waals surface area contributed by atoms with Crippen LogP contribution in [0.3, 0.4) is 0 Å². The van der Waals surface area contributed by atoms with Crippen LogP contribution >= 0.6 is 23.2 Å². The lowest BCUT2D eigenvalue weighted by molar-refractivity contribution is 0.0952. The van der Waals surface area contributed by atoms with Gasteiger partial charge in [-0.05, 0) is 48.0 Å². The Morgan fingerprint density at radius 3 is 2.56 bits per heavy atom. The van der Waals surface area contributed by atoms with Crippen LogP contribution in [0.4, 0.5) is 8.78 Å². The summed E-state index contributed by atoms with van der Waals surface area (Å²) in [7, 11) is 1.53. The van der Waals surface area contributed by atoms with Crippen molar-refractivity contribution in [3.8, 4) is 17.0 Å². The topological polar surface area (TPSA) is 68.5 Å². The minimum Gasteiger partial charge on any atom is -0.497 e. The molecule has 2 heterocycles. The molecule has 164 valence electrons. The standard InChI is InChI=1S/C22H16Cl2F2N4O2/c1-32-15-6-3-12(4-7-15)18-9-19(20(25)26)30-21(29-18)16(11-28-30)22(31)27-10-13-2-5-14(23)8-17(13)24/h2-9,11,20H,10H2,1H3,(H,27,31). The fourth-order valence-corrected chi connectivity index (χ4v) is 3.62. The summed E-state index contributed by atoms with van der Waals surface area (Å²) >= 11 is 12.0. The number of amides is 1. The zero-order valence-electron chi connectivity index (χ0n) is 16.7. The quantitative estimate of drug-likeness (QED) is 0.394. The molecule has 0 aliphatic carbocycles. The summed E-state index contributed by atoms with van der Waals surface area (Å²) < 4.78 is 33.6. The van der Waals surface area contributed by atoms with Gasteiger partial charge in [0.05, 0.1) is 19.0 Å². The van der Waals surface area contributed by atoms with Gasteiger partial charge in [-0.1, -0.05) is 29.3 Å². The van der Waals surface area contributed by atoms with Crippen molar-refractivity contribution in [1.82, 2.24) is 19.9 Å². The Bertz CT molecular complexity index is 1290. The number of hydrogen-bond acceptors (Lipinski definition) is 4. The van der Waals surface area contributed by atoms with Gasteiger partial charge in [-0.25, -0.2) is 18.3 Å². The molecule has 1 N–H and O–H groups in total. The second-order valence-corrected chi connectivity index (χ2v) is 7.65. The van der Waals surface area contributed by atoms with Crippen LogP contribution in [-0.2, 0) is 6.54 Å². The molecule has 0 fully saturated rings. The lowest BCUT2D eigenvalue weighted by atomic mass is 10.1. The molecule has 0 saturated heterocycles. The van der Waals surface area contributed by atoms with Gasteiger partial charge < -0.3 is 10.1 Å². The summed E-state index contributed by atoms with van der Waals surface area (Å²) in [4.78, 5) is 17.2. The monoisotopic (exact) mass is 476 g/mol. The van der Waals surface area contributed by atoms with Gasteiger partial charge in [0.15, 0.2) is 5.65 Å². The summed E-state index contributed by atoms with van der Waals surface area (Å²) in [6, 6.07) is 13.0. The first-order chi connectivity index (χ1) is 15.4. The van der Waals surface area contributed by atoms with Gasteiger partial charge >= 0.3 is 0 Å². The van der Waals surface area contributed by atoms with Gasteiger partial charge in [-0.15, -0.1) is 0 Å². The number of alkyl halides is 2. The maximum Gasteiger partial charge on any atom is 0.280 e. The van der Waals surface area contributed by atoms with E-state index in [4.69, 9.17) is 27.9 Å². The molecule has 6 nitrogen and oxygen atoms in total. The maximum absolute atomic E-state index is 13.7. The Labute approximate surface area is 191 Å². The van der Waals surface area contributed by atoms with Crippen LogP contribution in [0.15, 0.2) is 54.7 Å². The average Bonchev–Trinajstić information content (AvgIpc) is 3.21. The van der Waals surface area contributed by atoms with E-state index in [0.29, 0.717) is 26.9 Å². The third-order valence-electron chi connectivity index (χ3n) is 4.81. The van der Waals surface area contributed by atoms with Crippen LogP contribution in [0.25, 0.3) is 16.9 Å². The molecule has 0 unspecified atom stereocenters. The second kappa shape index (κ2) is 9.10. The lowest BCUT2D eigenvalue weighted by Crippen LogP contribution is -2.23. The van der Waals surface area contributed by atoms with E-state index in [1.807, 2.05) is 0 Å². The molecule has 2 aromatic carbocycles. The fourth-order valence-electron chi connectivity index (χ4n) is 3.15. The number of nitrogens with one attached hydrogen (secondary N) is 1. The van der Waals surface area contributed by atoms with E-state index in [9.17, 15) is 13.6 Å². The largest absolute Gasteiger partial charge is 0.497 e. The number of halogens is 4. The van der Waals surface area contributed by atoms with Crippen molar-refractivity contribution in [3.05, 3.63) is 81.6 Å². The molecule has 0 spiro atoms. The molecule has 0 saturated carbocycles. The fraction of sp³-hybridized carbons (Fsp3) is 0.136. The summed E-state index contributed by atoms with van der Waals surface area (Å²) in [5, 5.41) is 7.55. The molecule has 4 rings (SSSR count). The summed E-state index contributed by atoms with van der Waals surface area (Å²) in [6.45, 7) is 0.117. The molecule has 4 aromatic rings. The van der Waals surface area contributed by atoms with Crippen molar-refractivity contribution in [2.75, 3.05) is 7.11 Å². The van der Waals surface area contributed by atoms with Crippen LogP contribution in [-0.4, -0.2) is 27.6 Å². The Morgan fingerprint density at radius 1 is 1.16 bits per heavy atom. The van der Waals surface area contributed by atoms with Crippen molar-refractivity contribution in [2.45, 2.75) is 13.0 Å². The van der Waals surface area contributed by atoms with Crippen molar-refractivity contribution in [2.24, 2.45) is 0 Å². The first kappa shape index (κ1) is 22.0. The minimum atomic E-state index is -2.82. The van der Waals surface area contributed by atoms with Gasteiger partial charge in [-0.3, -0.25) is 4.79 Å². The predicted octanol–water partition coefficient (Wildman–Crippen LogP) is 5.58. The number of nitrogens with zero attached hydrogens (tertiary/aromatic N) is 3. The molecular weight excluding hydrogens is 461 g/mol. The summed E-state index contributed by atoms with van der Waals surface area (Å²) in [5.41, 5.74) is 1.24. The molecule has 32 heavy (non-hydrogen) atoms. The highest BCUT2D eigenvalue weighted by molar-refractivity contribution is 6.35. The van der Waals surface area contributed by atoms with Crippen LogP contribution < -0.4 is 10.1 Å². The highest BCUT2D eigenvalue weighted by Gasteiger charge is 2.21. The smallest absolute Gasteiger partial charge is 0.280 e. The van der Waals surface area contributed by atoms with E-state index in [-0.39, 0.29) is 29.1 Å². The van der Waals surface area contributed by atoms with Gasteiger partial charge in [0.25, 0.3) is 12.3 Å². The molecule has 0 aliphatic rings. The van der Waals surface area contributed by atoms with Crippen molar-refractivity contribution in [3.63, 3.8) is 0 Å². The Kier molecular flexibility index (Phi) is 6.25. The third kappa shape index (κ3) is 4.37. The molecule has 0 atom stereocenters. The number of fused-ring (bicyclic) bond motifs is 1. The number of carbonyl (C=O) groups excluding carboxylic acids is 1. The number of hydrogen-bond donors (Lipinski definition) is 1.